The summed E-state index contributed by atoms with van der Waals surface area (Å²) in [4.78, 5) is 0. The molecule has 2 nitrogen and oxygen atoms in total. The third kappa shape index (κ3) is 4.17. The van der Waals surface area contributed by atoms with Crippen molar-refractivity contribution in [3.63, 3.8) is 0 Å². The molecule has 0 heterocycles. The Kier molecular flexibility index (Phi) is 4.60. The Balaban J connectivity index is 1.88. The molecule has 0 aliphatic heterocycles. The minimum absolute atomic E-state index is 0.0481. The fourth-order valence-electron chi connectivity index (χ4n) is 1.65. The molecule has 1 atom stereocenters. The van der Waals surface area contributed by atoms with Crippen molar-refractivity contribution < 1.29 is 4.74 Å². The molecule has 0 radical (unpaired) electrons. The van der Waals surface area contributed by atoms with Crippen LogP contribution in [0.3, 0.4) is 0 Å². The summed E-state index contributed by atoms with van der Waals surface area (Å²) in [5.41, 5.74) is 7.88. The molecule has 0 saturated carbocycles. The first-order chi connectivity index (χ1) is 9.25. The summed E-state index contributed by atoms with van der Waals surface area (Å²) >= 11 is 0. The first-order valence-corrected chi connectivity index (χ1v) is 6.28. The maximum atomic E-state index is 5.79. The van der Waals surface area contributed by atoms with Gasteiger partial charge < -0.3 is 10.5 Å². The molecule has 2 aromatic carbocycles. The van der Waals surface area contributed by atoms with Gasteiger partial charge in [-0.3, -0.25) is 0 Å². The standard InChI is InChI=1S/C17H17NO/c1-14(18)16-9-11-17(12-10-16)19-13-5-8-15-6-3-2-4-7-15/h2-4,6-7,9-12,14H,13,18H2,1H3/t14-/m1/s1. The van der Waals surface area contributed by atoms with E-state index in [1.165, 1.54) is 0 Å². The van der Waals surface area contributed by atoms with Gasteiger partial charge in [0, 0.05) is 11.6 Å². The molecule has 0 unspecified atom stereocenters. The average Bonchev–Trinajstić information content (AvgIpc) is 2.45. The van der Waals surface area contributed by atoms with E-state index in [2.05, 4.69) is 11.8 Å². The summed E-state index contributed by atoms with van der Waals surface area (Å²) in [5.74, 6) is 6.85. The molecule has 0 fully saturated rings. The number of rotatable bonds is 3. The molecule has 2 N–H and O–H groups in total. The van der Waals surface area contributed by atoms with E-state index >= 15 is 0 Å². The zero-order valence-electron chi connectivity index (χ0n) is 11.0. The molecule has 0 bridgehead atoms. The van der Waals surface area contributed by atoms with Crippen LogP contribution in [0.4, 0.5) is 0 Å². The van der Waals surface area contributed by atoms with Gasteiger partial charge in [0.25, 0.3) is 0 Å². The van der Waals surface area contributed by atoms with Crippen LogP contribution in [0, 0.1) is 11.8 Å². The van der Waals surface area contributed by atoms with Gasteiger partial charge >= 0.3 is 0 Å². The zero-order valence-corrected chi connectivity index (χ0v) is 11.0. The summed E-state index contributed by atoms with van der Waals surface area (Å²) in [5, 5.41) is 0. The van der Waals surface area contributed by atoms with Gasteiger partial charge in [0.2, 0.25) is 0 Å². The van der Waals surface area contributed by atoms with E-state index in [9.17, 15) is 0 Å². The number of benzene rings is 2. The van der Waals surface area contributed by atoms with Crippen molar-refractivity contribution in [2.75, 3.05) is 6.61 Å². The maximum absolute atomic E-state index is 5.79. The highest BCUT2D eigenvalue weighted by Gasteiger charge is 1.98. The fraction of sp³-hybridized carbons (Fsp3) is 0.176. The molecule has 2 rings (SSSR count). The van der Waals surface area contributed by atoms with Crippen molar-refractivity contribution in [1.29, 1.82) is 0 Å². The number of ether oxygens (including phenoxy) is 1. The molecule has 0 amide bonds. The summed E-state index contributed by atoms with van der Waals surface area (Å²) in [6, 6.07) is 17.7. The first-order valence-electron chi connectivity index (χ1n) is 6.28. The van der Waals surface area contributed by atoms with Crippen LogP contribution in [-0.2, 0) is 0 Å². The van der Waals surface area contributed by atoms with Crippen molar-refractivity contribution in [3.05, 3.63) is 65.7 Å². The lowest BCUT2D eigenvalue weighted by Crippen LogP contribution is -2.04. The highest BCUT2D eigenvalue weighted by atomic mass is 16.5. The molecule has 0 aliphatic rings. The summed E-state index contributed by atoms with van der Waals surface area (Å²) in [7, 11) is 0. The highest BCUT2D eigenvalue weighted by Crippen LogP contribution is 2.15. The summed E-state index contributed by atoms with van der Waals surface area (Å²) in [6.45, 7) is 2.34. The average molecular weight is 251 g/mol. The van der Waals surface area contributed by atoms with E-state index < -0.39 is 0 Å². The van der Waals surface area contributed by atoms with E-state index in [-0.39, 0.29) is 6.04 Å². The van der Waals surface area contributed by atoms with Crippen molar-refractivity contribution >= 4 is 0 Å². The molecule has 19 heavy (non-hydrogen) atoms. The van der Waals surface area contributed by atoms with Crippen LogP contribution in [0.1, 0.15) is 24.1 Å². The molecule has 0 saturated heterocycles. The monoisotopic (exact) mass is 251 g/mol. The Morgan fingerprint density at radius 2 is 1.74 bits per heavy atom. The van der Waals surface area contributed by atoms with Gasteiger partial charge in [0.05, 0.1) is 0 Å². The number of hydrogen-bond acceptors (Lipinski definition) is 2. The smallest absolute Gasteiger partial charge is 0.149 e. The molecular formula is C17H17NO. The Bertz CT molecular complexity index is 562. The second kappa shape index (κ2) is 6.63. The van der Waals surface area contributed by atoms with Crippen LogP contribution in [0.2, 0.25) is 0 Å². The lowest BCUT2D eigenvalue weighted by Gasteiger charge is -2.06. The van der Waals surface area contributed by atoms with Gasteiger partial charge in [0.15, 0.2) is 0 Å². The largest absolute Gasteiger partial charge is 0.481 e. The van der Waals surface area contributed by atoms with Crippen LogP contribution in [-0.4, -0.2) is 6.61 Å². The second-order valence-corrected chi connectivity index (χ2v) is 4.31. The SMILES string of the molecule is C[C@@H](N)c1ccc(OCC#Cc2ccccc2)cc1. The van der Waals surface area contributed by atoms with Crippen LogP contribution >= 0.6 is 0 Å². The Morgan fingerprint density at radius 1 is 1.05 bits per heavy atom. The lowest BCUT2D eigenvalue weighted by molar-refractivity contribution is 0.370. The molecule has 2 heteroatoms. The van der Waals surface area contributed by atoms with Gasteiger partial charge in [0.1, 0.15) is 12.4 Å². The van der Waals surface area contributed by atoms with E-state index in [1.807, 2.05) is 61.5 Å². The predicted molar refractivity (Wildman–Crippen MR) is 77.9 cm³/mol. The van der Waals surface area contributed by atoms with Gasteiger partial charge in [-0.05, 0) is 36.8 Å². The van der Waals surface area contributed by atoms with Gasteiger partial charge in [-0.2, -0.15) is 0 Å². The molecule has 96 valence electrons. The number of hydrogen-bond donors (Lipinski definition) is 1. The van der Waals surface area contributed by atoms with Gasteiger partial charge in [-0.15, -0.1) is 0 Å². The van der Waals surface area contributed by atoms with Crippen LogP contribution in [0.25, 0.3) is 0 Å². The Hall–Kier alpha value is -2.24. The molecule has 0 spiro atoms. The minimum Gasteiger partial charge on any atom is -0.481 e. The highest BCUT2D eigenvalue weighted by molar-refractivity contribution is 5.34. The first kappa shape index (κ1) is 13.2. The van der Waals surface area contributed by atoms with Crippen molar-refractivity contribution in [1.82, 2.24) is 0 Å². The predicted octanol–water partition coefficient (Wildman–Crippen LogP) is 3.14. The second-order valence-electron chi connectivity index (χ2n) is 4.31. The minimum atomic E-state index is 0.0481. The van der Waals surface area contributed by atoms with E-state index in [0.717, 1.165) is 16.9 Å². The zero-order chi connectivity index (χ0) is 13.5. The van der Waals surface area contributed by atoms with Gasteiger partial charge in [-0.1, -0.05) is 42.2 Å². The van der Waals surface area contributed by atoms with Gasteiger partial charge in [-0.25, -0.2) is 0 Å². The van der Waals surface area contributed by atoms with Crippen LogP contribution < -0.4 is 10.5 Å². The normalized spacial score (nSPS) is 11.3. The number of nitrogens with two attached hydrogens (primary N) is 1. The molecular weight excluding hydrogens is 234 g/mol. The molecule has 2 aromatic rings. The Morgan fingerprint density at radius 3 is 2.37 bits per heavy atom. The quantitative estimate of drug-likeness (QED) is 0.851. The third-order valence-electron chi connectivity index (χ3n) is 2.72. The summed E-state index contributed by atoms with van der Waals surface area (Å²) < 4.78 is 5.55. The van der Waals surface area contributed by atoms with Crippen LogP contribution in [0.5, 0.6) is 5.75 Å². The molecule has 0 aliphatic carbocycles. The maximum Gasteiger partial charge on any atom is 0.149 e. The molecule has 0 aromatic heterocycles. The van der Waals surface area contributed by atoms with Crippen molar-refractivity contribution in [3.8, 4) is 17.6 Å². The van der Waals surface area contributed by atoms with Crippen molar-refractivity contribution in [2.24, 2.45) is 5.73 Å². The van der Waals surface area contributed by atoms with E-state index in [1.54, 1.807) is 0 Å². The van der Waals surface area contributed by atoms with Crippen LogP contribution in [0.15, 0.2) is 54.6 Å². The third-order valence-corrected chi connectivity index (χ3v) is 2.72. The van der Waals surface area contributed by atoms with E-state index in [4.69, 9.17) is 10.5 Å². The fourth-order valence-corrected chi connectivity index (χ4v) is 1.65. The van der Waals surface area contributed by atoms with Crippen molar-refractivity contribution in [2.45, 2.75) is 13.0 Å². The summed E-state index contributed by atoms with van der Waals surface area (Å²) in [6.07, 6.45) is 0. The lowest BCUT2D eigenvalue weighted by atomic mass is 10.1. The van der Waals surface area contributed by atoms with E-state index in [0.29, 0.717) is 6.61 Å². The Labute approximate surface area is 114 Å². The topological polar surface area (TPSA) is 35.2 Å².